The Labute approximate surface area is 123 Å². The summed E-state index contributed by atoms with van der Waals surface area (Å²) >= 11 is 0. The van der Waals surface area contributed by atoms with Crippen molar-refractivity contribution < 1.29 is 14.6 Å². The lowest BCUT2D eigenvalue weighted by Gasteiger charge is -2.04. The van der Waals surface area contributed by atoms with E-state index < -0.39 is 0 Å². The third kappa shape index (κ3) is 3.48. The number of carbonyl (C=O) groups is 1. The number of hydrogen-bond donors (Lipinski definition) is 1. The van der Waals surface area contributed by atoms with Gasteiger partial charge in [-0.3, -0.25) is 4.99 Å². The summed E-state index contributed by atoms with van der Waals surface area (Å²) in [6.07, 6.45) is 1.65. The van der Waals surface area contributed by atoms with Gasteiger partial charge in [-0.15, -0.1) is 0 Å². The topological polar surface area (TPSA) is 58.9 Å². The zero-order chi connectivity index (χ0) is 15.4. The van der Waals surface area contributed by atoms with Gasteiger partial charge < -0.3 is 9.84 Å². The van der Waals surface area contributed by atoms with E-state index >= 15 is 0 Å². The van der Waals surface area contributed by atoms with Gasteiger partial charge in [0.15, 0.2) is 0 Å². The Hall–Kier alpha value is -2.62. The minimum absolute atomic E-state index is 0.183. The molecule has 0 spiro atoms. The molecule has 0 amide bonds. The van der Waals surface area contributed by atoms with Gasteiger partial charge >= 0.3 is 5.97 Å². The number of carbonyl (C=O) groups excluding carboxylic acids is 1. The highest BCUT2D eigenvalue weighted by atomic mass is 16.5. The van der Waals surface area contributed by atoms with Crippen molar-refractivity contribution >= 4 is 17.9 Å². The maximum Gasteiger partial charge on any atom is 0.337 e. The fraction of sp³-hybridized carbons (Fsp3) is 0.176. The molecule has 4 nitrogen and oxygen atoms in total. The van der Waals surface area contributed by atoms with Crippen molar-refractivity contribution in [2.24, 2.45) is 4.99 Å². The van der Waals surface area contributed by atoms with Gasteiger partial charge in [-0.25, -0.2) is 4.79 Å². The van der Waals surface area contributed by atoms with E-state index in [1.54, 1.807) is 30.5 Å². The Balaban J connectivity index is 2.24. The Morgan fingerprint density at radius 2 is 1.86 bits per heavy atom. The number of aromatic hydroxyl groups is 1. The lowest BCUT2D eigenvalue weighted by atomic mass is 10.1. The second-order valence-corrected chi connectivity index (χ2v) is 4.82. The highest BCUT2D eigenvalue weighted by Crippen LogP contribution is 2.31. The molecule has 4 heteroatoms. The molecule has 0 heterocycles. The number of phenolic OH excluding ortho intramolecular Hbond substituents is 1. The highest BCUT2D eigenvalue weighted by Gasteiger charge is 2.05. The number of aryl methyl sites for hydroxylation is 2. The number of rotatable bonds is 3. The van der Waals surface area contributed by atoms with E-state index in [-0.39, 0.29) is 11.7 Å². The van der Waals surface area contributed by atoms with E-state index in [1.165, 1.54) is 7.11 Å². The summed E-state index contributed by atoms with van der Waals surface area (Å²) in [6, 6.07) is 10.6. The maximum atomic E-state index is 11.3. The first-order valence-corrected chi connectivity index (χ1v) is 6.54. The second-order valence-electron chi connectivity index (χ2n) is 4.82. The van der Waals surface area contributed by atoms with Gasteiger partial charge in [-0.1, -0.05) is 18.2 Å². The van der Waals surface area contributed by atoms with E-state index in [1.807, 2.05) is 26.0 Å². The van der Waals surface area contributed by atoms with Crippen LogP contribution in [0.3, 0.4) is 0 Å². The van der Waals surface area contributed by atoms with Crippen molar-refractivity contribution in [1.82, 2.24) is 0 Å². The lowest BCUT2D eigenvalue weighted by molar-refractivity contribution is 0.0600. The Morgan fingerprint density at radius 1 is 1.19 bits per heavy atom. The quantitative estimate of drug-likeness (QED) is 0.692. The smallest absolute Gasteiger partial charge is 0.337 e. The van der Waals surface area contributed by atoms with Crippen LogP contribution >= 0.6 is 0 Å². The van der Waals surface area contributed by atoms with Gasteiger partial charge in [0.05, 0.1) is 12.7 Å². The average molecular weight is 283 g/mol. The molecule has 0 aliphatic heterocycles. The summed E-state index contributed by atoms with van der Waals surface area (Å²) in [7, 11) is 1.35. The van der Waals surface area contributed by atoms with Crippen LogP contribution in [-0.2, 0) is 4.74 Å². The Kier molecular flexibility index (Phi) is 4.38. The summed E-state index contributed by atoms with van der Waals surface area (Å²) in [5.41, 5.74) is 3.69. The maximum absolute atomic E-state index is 11.3. The van der Waals surface area contributed by atoms with E-state index in [4.69, 9.17) is 0 Å². The number of ether oxygens (including phenoxy) is 1. The molecule has 0 atom stereocenters. The third-order valence-corrected chi connectivity index (χ3v) is 3.11. The summed E-state index contributed by atoms with van der Waals surface area (Å²) in [6.45, 7) is 3.79. The molecule has 2 rings (SSSR count). The predicted octanol–water partition coefficient (Wildman–Crippen LogP) is 3.55. The molecular formula is C17H17NO3. The Morgan fingerprint density at radius 3 is 2.48 bits per heavy atom. The van der Waals surface area contributed by atoms with E-state index in [0.29, 0.717) is 11.3 Å². The molecular weight excluding hydrogens is 266 g/mol. The van der Waals surface area contributed by atoms with E-state index in [2.05, 4.69) is 9.73 Å². The monoisotopic (exact) mass is 283 g/mol. The molecule has 0 aromatic heterocycles. The van der Waals surface area contributed by atoms with Gasteiger partial charge in [0.25, 0.3) is 0 Å². The summed E-state index contributed by atoms with van der Waals surface area (Å²) in [4.78, 5) is 15.6. The molecule has 1 N–H and O–H groups in total. The first-order valence-electron chi connectivity index (χ1n) is 6.54. The minimum Gasteiger partial charge on any atom is -0.505 e. The number of aliphatic imine (C=N–C) groups is 1. The van der Waals surface area contributed by atoms with Gasteiger partial charge in [-0.05, 0) is 48.7 Å². The number of hydrogen-bond acceptors (Lipinski definition) is 4. The number of benzene rings is 2. The van der Waals surface area contributed by atoms with E-state index in [0.717, 1.165) is 16.7 Å². The molecule has 0 fully saturated rings. The fourth-order valence-corrected chi connectivity index (χ4v) is 2.00. The van der Waals surface area contributed by atoms with Crippen LogP contribution in [0.25, 0.3) is 0 Å². The standard InChI is InChI=1S/C17H17NO3/c1-11-8-12(2)16(19)15(9-11)18-10-13-4-6-14(7-5-13)17(20)21-3/h4-10,19H,1-3H3. The molecule has 0 radical (unpaired) electrons. The number of esters is 1. The molecule has 21 heavy (non-hydrogen) atoms. The van der Waals surface area contributed by atoms with Crippen LogP contribution in [0.5, 0.6) is 5.75 Å². The molecule has 0 saturated heterocycles. The zero-order valence-electron chi connectivity index (χ0n) is 12.3. The van der Waals surface area contributed by atoms with Gasteiger partial charge in [-0.2, -0.15) is 0 Å². The molecule has 0 bridgehead atoms. The first kappa shape index (κ1) is 14.8. The van der Waals surface area contributed by atoms with Gasteiger partial charge in [0.1, 0.15) is 11.4 Å². The van der Waals surface area contributed by atoms with Crippen molar-refractivity contribution in [3.8, 4) is 5.75 Å². The predicted molar refractivity (Wildman–Crippen MR) is 82.6 cm³/mol. The van der Waals surface area contributed by atoms with Crippen molar-refractivity contribution in [2.75, 3.05) is 7.11 Å². The molecule has 2 aromatic carbocycles. The van der Waals surface area contributed by atoms with Crippen LogP contribution in [0, 0.1) is 13.8 Å². The lowest BCUT2D eigenvalue weighted by Crippen LogP contribution is -2.00. The van der Waals surface area contributed by atoms with Crippen LogP contribution in [0.1, 0.15) is 27.0 Å². The molecule has 108 valence electrons. The number of nitrogens with zero attached hydrogens (tertiary/aromatic N) is 1. The number of methoxy groups -OCH3 is 1. The van der Waals surface area contributed by atoms with Crippen molar-refractivity contribution in [1.29, 1.82) is 0 Å². The molecule has 0 unspecified atom stereocenters. The summed E-state index contributed by atoms with van der Waals surface area (Å²) < 4.78 is 4.64. The molecule has 0 aliphatic carbocycles. The second kappa shape index (κ2) is 6.22. The van der Waals surface area contributed by atoms with Crippen LogP contribution in [0.2, 0.25) is 0 Å². The summed E-state index contributed by atoms with van der Waals surface area (Å²) in [5.74, 6) is -0.187. The first-order chi connectivity index (χ1) is 10.0. The normalized spacial score (nSPS) is 10.8. The number of phenols is 1. The minimum atomic E-state index is -0.370. The van der Waals surface area contributed by atoms with Crippen molar-refractivity contribution in [3.05, 3.63) is 58.7 Å². The van der Waals surface area contributed by atoms with E-state index in [9.17, 15) is 9.90 Å². The molecule has 0 saturated carbocycles. The highest BCUT2D eigenvalue weighted by molar-refractivity contribution is 5.91. The van der Waals surface area contributed by atoms with Gasteiger partial charge in [0, 0.05) is 6.21 Å². The van der Waals surface area contributed by atoms with Crippen LogP contribution in [0.15, 0.2) is 41.4 Å². The zero-order valence-corrected chi connectivity index (χ0v) is 12.3. The van der Waals surface area contributed by atoms with Crippen molar-refractivity contribution in [3.63, 3.8) is 0 Å². The van der Waals surface area contributed by atoms with Gasteiger partial charge in [0.2, 0.25) is 0 Å². The SMILES string of the molecule is COC(=O)c1ccc(C=Nc2cc(C)cc(C)c2O)cc1. The van der Waals surface area contributed by atoms with Crippen LogP contribution in [0.4, 0.5) is 5.69 Å². The largest absolute Gasteiger partial charge is 0.505 e. The average Bonchev–Trinajstić information content (AvgIpc) is 2.49. The fourth-order valence-electron chi connectivity index (χ4n) is 2.00. The van der Waals surface area contributed by atoms with Crippen molar-refractivity contribution in [2.45, 2.75) is 13.8 Å². The molecule has 0 aliphatic rings. The van der Waals surface area contributed by atoms with Crippen LogP contribution in [-0.4, -0.2) is 24.4 Å². The van der Waals surface area contributed by atoms with Crippen LogP contribution < -0.4 is 0 Å². The third-order valence-electron chi connectivity index (χ3n) is 3.11. The molecule has 2 aromatic rings. The summed E-state index contributed by atoms with van der Waals surface area (Å²) in [5, 5.41) is 9.97. The Bertz CT molecular complexity index is 688.